The molecule has 0 aliphatic heterocycles. The van der Waals surface area contributed by atoms with Crippen LogP contribution in [0.1, 0.15) is 0 Å². The Kier molecular flexibility index (Phi) is 2.84. The van der Waals surface area contributed by atoms with Gasteiger partial charge in [0.15, 0.2) is 5.43 Å². The van der Waals surface area contributed by atoms with Gasteiger partial charge in [0.25, 0.3) is 0 Å². The third-order valence-corrected chi connectivity index (χ3v) is 4.52. The van der Waals surface area contributed by atoms with Crippen LogP contribution in [0.3, 0.4) is 0 Å². The largest absolute Gasteiger partial charge is 0.495 e. The van der Waals surface area contributed by atoms with Gasteiger partial charge >= 0.3 is 0 Å². The van der Waals surface area contributed by atoms with E-state index in [1.54, 1.807) is 18.4 Å². The van der Waals surface area contributed by atoms with Crippen molar-refractivity contribution in [2.75, 3.05) is 7.11 Å². The molecule has 1 heterocycles. The highest BCUT2D eigenvalue weighted by Crippen LogP contribution is 2.32. The van der Waals surface area contributed by atoms with Crippen LogP contribution in [-0.2, 0) is 0 Å². The van der Waals surface area contributed by atoms with Gasteiger partial charge in [0.1, 0.15) is 5.75 Å². The summed E-state index contributed by atoms with van der Waals surface area (Å²) < 4.78 is 8.16. The van der Waals surface area contributed by atoms with Gasteiger partial charge in [-0.15, -0.1) is 11.3 Å². The second kappa shape index (κ2) is 4.37. The number of methoxy groups -OCH3 is 1. The van der Waals surface area contributed by atoms with Crippen molar-refractivity contribution in [3.05, 3.63) is 51.1 Å². The van der Waals surface area contributed by atoms with E-state index in [4.69, 9.17) is 4.74 Å². The Hall–Kier alpha value is -1.39. The van der Waals surface area contributed by atoms with Gasteiger partial charge in [-0.25, -0.2) is 0 Å². The molecule has 0 radical (unpaired) electrons. The number of ether oxygens (including phenoxy) is 1. The van der Waals surface area contributed by atoms with Crippen molar-refractivity contribution in [1.29, 1.82) is 0 Å². The highest BCUT2D eigenvalue weighted by molar-refractivity contribution is 9.10. The average molecular weight is 321 g/mol. The first-order valence-corrected chi connectivity index (χ1v) is 7.01. The molecule has 18 heavy (non-hydrogen) atoms. The first kappa shape index (κ1) is 11.7. The van der Waals surface area contributed by atoms with Crippen molar-refractivity contribution in [2.24, 2.45) is 0 Å². The van der Waals surface area contributed by atoms with E-state index in [2.05, 4.69) is 15.9 Å². The molecule has 3 aromatic rings. The molecule has 3 rings (SSSR count). The predicted molar refractivity (Wildman–Crippen MR) is 79.9 cm³/mol. The molecule has 1 aromatic heterocycles. The molecular weight excluding hydrogens is 312 g/mol. The van der Waals surface area contributed by atoms with Crippen molar-refractivity contribution >= 4 is 47.4 Å². The minimum atomic E-state index is 0.0603. The molecule has 0 saturated heterocycles. The number of halogens is 1. The van der Waals surface area contributed by atoms with Gasteiger partial charge in [-0.2, -0.15) is 0 Å². The van der Waals surface area contributed by atoms with Crippen LogP contribution in [-0.4, -0.2) is 7.11 Å². The Morgan fingerprint density at radius 3 is 2.78 bits per heavy atom. The Labute approximate surface area is 116 Å². The Morgan fingerprint density at radius 2 is 2.00 bits per heavy atom. The van der Waals surface area contributed by atoms with E-state index in [1.807, 2.05) is 36.4 Å². The van der Waals surface area contributed by atoms with Crippen molar-refractivity contribution < 1.29 is 4.74 Å². The van der Waals surface area contributed by atoms with Crippen LogP contribution in [0, 0.1) is 0 Å². The van der Waals surface area contributed by atoms with Crippen LogP contribution in [0.25, 0.3) is 20.2 Å². The third kappa shape index (κ3) is 1.72. The molecular formula is C14H9BrO2S. The maximum Gasteiger partial charge on any atom is 0.196 e. The SMILES string of the molecule is COc1cccc2c(=O)c3ccc(Br)cc3sc12. The first-order chi connectivity index (χ1) is 8.70. The van der Waals surface area contributed by atoms with Gasteiger partial charge in [0.05, 0.1) is 11.8 Å². The maximum atomic E-state index is 12.4. The number of fused-ring (bicyclic) bond motifs is 2. The second-order valence-electron chi connectivity index (χ2n) is 3.91. The molecule has 0 aliphatic carbocycles. The van der Waals surface area contributed by atoms with E-state index in [0.29, 0.717) is 5.39 Å². The summed E-state index contributed by atoms with van der Waals surface area (Å²) in [6, 6.07) is 11.3. The van der Waals surface area contributed by atoms with Gasteiger partial charge in [0.2, 0.25) is 0 Å². The fourth-order valence-electron chi connectivity index (χ4n) is 1.98. The van der Waals surface area contributed by atoms with Crippen LogP contribution in [0.2, 0.25) is 0 Å². The first-order valence-electron chi connectivity index (χ1n) is 5.40. The molecule has 0 atom stereocenters. The Balaban J connectivity index is 2.56. The van der Waals surface area contributed by atoms with E-state index >= 15 is 0 Å². The Morgan fingerprint density at radius 1 is 1.17 bits per heavy atom. The molecule has 0 fully saturated rings. The fourth-order valence-corrected chi connectivity index (χ4v) is 3.70. The molecule has 0 spiro atoms. The highest BCUT2D eigenvalue weighted by Gasteiger charge is 2.09. The van der Waals surface area contributed by atoms with Crippen molar-refractivity contribution in [3.8, 4) is 5.75 Å². The minimum absolute atomic E-state index is 0.0603. The highest BCUT2D eigenvalue weighted by atomic mass is 79.9. The lowest BCUT2D eigenvalue weighted by atomic mass is 10.2. The van der Waals surface area contributed by atoms with Crippen LogP contribution in [0.15, 0.2) is 45.7 Å². The quantitative estimate of drug-likeness (QED) is 0.628. The molecule has 0 saturated carbocycles. The number of benzene rings is 2. The summed E-state index contributed by atoms with van der Waals surface area (Å²) in [5.41, 5.74) is 0.0603. The molecule has 0 aliphatic rings. The molecule has 0 N–H and O–H groups in total. The zero-order valence-electron chi connectivity index (χ0n) is 9.57. The fraction of sp³-hybridized carbons (Fsp3) is 0.0714. The van der Waals surface area contributed by atoms with E-state index in [9.17, 15) is 4.79 Å². The molecule has 2 aromatic carbocycles. The lowest BCUT2D eigenvalue weighted by molar-refractivity contribution is 0.420. The van der Waals surface area contributed by atoms with Crippen molar-refractivity contribution in [1.82, 2.24) is 0 Å². The Bertz CT molecular complexity index is 808. The van der Waals surface area contributed by atoms with E-state index in [0.717, 1.165) is 25.0 Å². The summed E-state index contributed by atoms with van der Waals surface area (Å²) in [4.78, 5) is 12.4. The van der Waals surface area contributed by atoms with Crippen LogP contribution < -0.4 is 10.2 Å². The third-order valence-electron chi connectivity index (χ3n) is 2.84. The standard InChI is InChI=1S/C14H9BrO2S/c1-17-11-4-2-3-10-13(16)9-6-5-8(15)7-12(9)18-14(10)11/h2-7H,1H3. The van der Waals surface area contributed by atoms with E-state index in [-0.39, 0.29) is 5.43 Å². The van der Waals surface area contributed by atoms with Crippen LogP contribution in [0.5, 0.6) is 5.75 Å². The maximum absolute atomic E-state index is 12.4. The summed E-state index contributed by atoms with van der Waals surface area (Å²) in [7, 11) is 1.62. The number of rotatable bonds is 1. The molecule has 4 heteroatoms. The van der Waals surface area contributed by atoms with Gasteiger partial charge < -0.3 is 4.74 Å². The van der Waals surface area contributed by atoms with Gasteiger partial charge in [-0.3, -0.25) is 4.79 Å². The van der Waals surface area contributed by atoms with Gasteiger partial charge in [-0.05, 0) is 30.3 Å². The summed E-state index contributed by atoms with van der Waals surface area (Å²) in [6.45, 7) is 0. The molecule has 0 unspecified atom stereocenters. The normalized spacial score (nSPS) is 11.0. The van der Waals surface area contributed by atoms with Crippen molar-refractivity contribution in [3.63, 3.8) is 0 Å². The van der Waals surface area contributed by atoms with Gasteiger partial charge in [-0.1, -0.05) is 22.0 Å². The summed E-state index contributed by atoms with van der Waals surface area (Å²) in [6.07, 6.45) is 0. The summed E-state index contributed by atoms with van der Waals surface area (Å²) in [5, 5.41) is 1.47. The van der Waals surface area contributed by atoms with E-state index < -0.39 is 0 Å². The molecule has 0 bridgehead atoms. The zero-order chi connectivity index (χ0) is 12.7. The van der Waals surface area contributed by atoms with E-state index in [1.165, 1.54) is 0 Å². The van der Waals surface area contributed by atoms with Crippen molar-refractivity contribution in [2.45, 2.75) is 0 Å². The van der Waals surface area contributed by atoms with Crippen LogP contribution >= 0.6 is 27.3 Å². The van der Waals surface area contributed by atoms with Crippen LogP contribution in [0.4, 0.5) is 0 Å². The molecule has 0 amide bonds. The monoisotopic (exact) mass is 320 g/mol. The molecule has 90 valence electrons. The minimum Gasteiger partial charge on any atom is -0.495 e. The zero-order valence-corrected chi connectivity index (χ0v) is 12.0. The predicted octanol–water partition coefficient (Wildman–Crippen LogP) is 4.19. The smallest absolute Gasteiger partial charge is 0.196 e. The number of hydrogen-bond acceptors (Lipinski definition) is 3. The number of hydrogen-bond donors (Lipinski definition) is 0. The van der Waals surface area contributed by atoms with Gasteiger partial charge in [0, 0.05) is 19.9 Å². The lowest BCUT2D eigenvalue weighted by Gasteiger charge is -2.05. The second-order valence-corrected chi connectivity index (χ2v) is 5.88. The average Bonchev–Trinajstić information content (AvgIpc) is 2.38. The lowest BCUT2D eigenvalue weighted by Crippen LogP contribution is -2.01. The topological polar surface area (TPSA) is 26.3 Å². The molecule has 2 nitrogen and oxygen atoms in total. The summed E-state index contributed by atoms with van der Waals surface area (Å²) in [5.74, 6) is 0.747. The summed E-state index contributed by atoms with van der Waals surface area (Å²) >= 11 is 5.01.